The maximum absolute atomic E-state index is 13.3. The number of β-amino-alcohol motifs (C(OH)–C–C–N with tert-alkyl or cyclic N) is 1. The van der Waals surface area contributed by atoms with E-state index in [1.807, 2.05) is 0 Å². The second-order valence-corrected chi connectivity index (χ2v) is 10.9. The third-order valence-electron chi connectivity index (χ3n) is 7.10. The first-order valence-corrected chi connectivity index (χ1v) is 13.3. The first kappa shape index (κ1) is 30.1. The van der Waals surface area contributed by atoms with Crippen LogP contribution in [-0.4, -0.2) is 42.5 Å². The number of hydrogen-bond donors (Lipinski definition) is 2. The van der Waals surface area contributed by atoms with Crippen LogP contribution in [-0.2, 0) is 39.7 Å². The SMILES string of the molecule is CCOC(=O)CCc1cc(C(F)(F)F)ccc1[C@@H](C)OC[C@@H](O)CNC(C)(C)CC1Cc2ccccc2C1. The Hall–Kier alpha value is -2.42. The van der Waals surface area contributed by atoms with Crippen LogP contribution in [0.5, 0.6) is 0 Å². The number of carbonyl (C=O) groups excluding carboxylic acids is 1. The number of alkyl halides is 3. The summed E-state index contributed by atoms with van der Waals surface area (Å²) in [5, 5.41) is 14.0. The van der Waals surface area contributed by atoms with Gasteiger partial charge in [-0.3, -0.25) is 4.79 Å². The molecule has 210 valence electrons. The van der Waals surface area contributed by atoms with Crippen molar-refractivity contribution in [3.63, 3.8) is 0 Å². The van der Waals surface area contributed by atoms with Gasteiger partial charge in [0.2, 0.25) is 0 Å². The highest BCUT2D eigenvalue weighted by atomic mass is 19.4. The fourth-order valence-corrected chi connectivity index (χ4v) is 5.25. The lowest BCUT2D eigenvalue weighted by atomic mass is 9.88. The molecule has 1 aliphatic carbocycles. The van der Waals surface area contributed by atoms with Gasteiger partial charge in [0.05, 0.1) is 31.0 Å². The van der Waals surface area contributed by atoms with Crippen molar-refractivity contribution in [1.82, 2.24) is 5.32 Å². The number of esters is 1. The molecule has 0 aromatic heterocycles. The van der Waals surface area contributed by atoms with Gasteiger partial charge in [-0.25, -0.2) is 0 Å². The largest absolute Gasteiger partial charge is 0.466 e. The van der Waals surface area contributed by atoms with Gasteiger partial charge in [0.1, 0.15) is 0 Å². The molecule has 2 aromatic carbocycles. The quantitative estimate of drug-likeness (QED) is 0.317. The molecule has 0 bridgehead atoms. The van der Waals surface area contributed by atoms with E-state index in [-0.39, 0.29) is 31.6 Å². The van der Waals surface area contributed by atoms with Crippen LogP contribution in [0.4, 0.5) is 13.2 Å². The summed E-state index contributed by atoms with van der Waals surface area (Å²) in [5.41, 5.74) is 2.83. The molecule has 0 heterocycles. The highest BCUT2D eigenvalue weighted by Gasteiger charge is 2.32. The molecule has 2 atom stereocenters. The maximum atomic E-state index is 13.3. The second kappa shape index (κ2) is 13.1. The number of ether oxygens (including phenoxy) is 2. The van der Waals surface area contributed by atoms with Crippen LogP contribution in [0.3, 0.4) is 0 Å². The highest BCUT2D eigenvalue weighted by molar-refractivity contribution is 5.69. The molecule has 0 radical (unpaired) electrons. The minimum atomic E-state index is -4.49. The Balaban J connectivity index is 1.52. The van der Waals surface area contributed by atoms with Gasteiger partial charge in [-0.05, 0) is 93.7 Å². The summed E-state index contributed by atoms with van der Waals surface area (Å²) >= 11 is 0. The molecule has 2 N–H and O–H groups in total. The molecule has 8 heteroatoms. The molecule has 0 unspecified atom stereocenters. The molecule has 0 aliphatic heterocycles. The van der Waals surface area contributed by atoms with Crippen molar-refractivity contribution in [2.45, 2.75) is 83.7 Å². The lowest BCUT2D eigenvalue weighted by Crippen LogP contribution is -2.45. The van der Waals surface area contributed by atoms with Gasteiger partial charge < -0.3 is 19.9 Å². The van der Waals surface area contributed by atoms with Crippen molar-refractivity contribution in [2.75, 3.05) is 19.8 Å². The van der Waals surface area contributed by atoms with Crippen LogP contribution in [0.25, 0.3) is 0 Å². The molecular formula is C30H40F3NO4. The van der Waals surface area contributed by atoms with Crippen LogP contribution in [0, 0.1) is 5.92 Å². The Morgan fingerprint density at radius 2 is 1.79 bits per heavy atom. The van der Waals surface area contributed by atoms with Gasteiger partial charge in [-0.1, -0.05) is 30.3 Å². The average Bonchev–Trinajstić information content (AvgIpc) is 3.25. The van der Waals surface area contributed by atoms with E-state index in [1.165, 1.54) is 17.2 Å². The molecule has 2 aromatic rings. The zero-order valence-corrected chi connectivity index (χ0v) is 22.7. The van der Waals surface area contributed by atoms with Gasteiger partial charge in [0.25, 0.3) is 0 Å². The number of rotatable bonds is 13. The van der Waals surface area contributed by atoms with Crippen LogP contribution in [0.15, 0.2) is 42.5 Å². The summed E-state index contributed by atoms with van der Waals surface area (Å²) in [7, 11) is 0. The van der Waals surface area contributed by atoms with Gasteiger partial charge in [0.15, 0.2) is 0 Å². The Kier molecular flexibility index (Phi) is 10.4. The maximum Gasteiger partial charge on any atom is 0.416 e. The van der Waals surface area contributed by atoms with Crippen LogP contribution < -0.4 is 5.32 Å². The lowest BCUT2D eigenvalue weighted by Gasteiger charge is -2.31. The predicted molar refractivity (Wildman–Crippen MR) is 141 cm³/mol. The Bertz CT molecular complexity index is 1040. The van der Waals surface area contributed by atoms with E-state index in [0.29, 0.717) is 23.6 Å². The summed E-state index contributed by atoms with van der Waals surface area (Å²) in [6.45, 7) is 8.25. The van der Waals surface area contributed by atoms with Crippen LogP contribution >= 0.6 is 0 Å². The van der Waals surface area contributed by atoms with Crippen LogP contribution in [0.1, 0.15) is 74.5 Å². The molecule has 0 spiro atoms. The number of halogens is 3. The third-order valence-corrected chi connectivity index (χ3v) is 7.10. The summed E-state index contributed by atoms with van der Waals surface area (Å²) in [6, 6.07) is 12.0. The summed E-state index contributed by atoms with van der Waals surface area (Å²) < 4.78 is 50.7. The zero-order valence-electron chi connectivity index (χ0n) is 22.7. The minimum absolute atomic E-state index is 0.0252. The van der Waals surface area contributed by atoms with Gasteiger partial charge >= 0.3 is 12.1 Å². The van der Waals surface area contributed by atoms with E-state index in [2.05, 4.69) is 43.4 Å². The number of aryl methyl sites for hydroxylation is 1. The molecule has 0 fully saturated rings. The van der Waals surface area contributed by atoms with E-state index in [0.717, 1.165) is 31.4 Å². The van der Waals surface area contributed by atoms with Crippen molar-refractivity contribution >= 4 is 5.97 Å². The summed E-state index contributed by atoms with van der Waals surface area (Å²) in [6.07, 6.45) is -2.65. The van der Waals surface area contributed by atoms with Crippen molar-refractivity contribution in [3.05, 3.63) is 70.3 Å². The number of fused-ring (bicyclic) bond motifs is 1. The lowest BCUT2D eigenvalue weighted by molar-refractivity contribution is -0.143. The number of carbonyl (C=O) groups is 1. The normalized spacial score (nSPS) is 15.8. The predicted octanol–water partition coefficient (Wildman–Crippen LogP) is 5.81. The average molecular weight is 536 g/mol. The van der Waals surface area contributed by atoms with E-state index < -0.39 is 29.9 Å². The fourth-order valence-electron chi connectivity index (χ4n) is 5.25. The molecule has 0 saturated carbocycles. The number of aliphatic hydroxyl groups is 1. The number of benzene rings is 2. The van der Waals surface area contributed by atoms with Crippen molar-refractivity contribution in [3.8, 4) is 0 Å². The van der Waals surface area contributed by atoms with E-state index in [9.17, 15) is 23.1 Å². The number of nitrogens with one attached hydrogen (secondary N) is 1. The van der Waals surface area contributed by atoms with E-state index in [4.69, 9.17) is 9.47 Å². The smallest absolute Gasteiger partial charge is 0.416 e. The molecular weight excluding hydrogens is 495 g/mol. The Morgan fingerprint density at radius 1 is 1.13 bits per heavy atom. The van der Waals surface area contributed by atoms with Gasteiger partial charge in [0, 0.05) is 18.5 Å². The molecule has 5 nitrogen and oxygen atoms in total. The summed E-state index contributed by atoms with van der Waals surface area (Å²) in [4.78, 5) is 11.8. The topological polar surface area (TPSA) is 67.8 Å². The number of aliphatic hydroxyl groups excluding tert-OH is 1. The van der Waals surface area contributed by atoms with Crippen molar-refractivity contribution < 1.29 is 32.5 Å². The second-order valence-electron chi connectivity index (χ2n) is 10.9. The van der Waals surface area contributed by atoms with Gasteiger partial charge in [-0.15, -0.1) is 0 Å². The fraction of sp³-hybridized carbons (Fsp3) is 0.567. The molecule has 0 saturated heterocycles. The van der Waals surface area contributed by atoms with Gasteiger partial charge in [-0.2, -0.15) is 13.2 Å². The van der Waals surface area contributed by atoms with Crippen LogP contribution in [0.2, 0.25) is 0 Å². The monoisotopic (exact) mass is 535 g/mol. The minimum Gasteiger partial charge on any atom is -0.466 e. The standard InChI is InChI=1S/C30H40F3NO4/c1-5-37-28(36)13-10-24-16-25(30(31,32)33)11-12-27(24)20(2)38-19-26(35)18-34-29(3,4)17-21-14-22-8-6-7-9-23(22)15-21/h6-9,11-12,16,20-21,26,34-35H,5,10,13-15,17-19H2,1-4H3/t20-,26+/m1/s1. The Morgan fingerprint density at radius 3 is 2.39 bits per heavy atom. The molecule has 3 rings (SSSR count). The molecule has 0 amide bonds. The van der Waals surface area contributed by atoms with E-state index >= 15 is 0 Å². The molecule has 38 heavy (non-hydrogen) atoms. The third kappa shape index (κ3) is 8.82. The Labute approximate surface area is 223 Å². The summed E-state index contributed by atoms with van der Waals surface area (Å²) in [5.74, 6) is 0.0889. The zero-order chi connectivity index (χ0) is 27.9. The van der Waals surface area contributed by atoms with Crippen molar-refractivity contribution in [1.29, 1.82) is 0 Å². The van der Waals surface area contributed by atoms with E-state index in [1.54, 1.807) is 13.8 Å². The first-order valence-electron chi connectivity index (χ1n) is 13.3. The van der Waals surface area contributed by atoms with Crippen molar-refractivity contribution in [2.24, 2.45) is 5.92 Å². The highest BCUT2D eigenvalue weighted by Crippen LogP contribution is 2.34. The molecule has 1 aliphatic rings. The number of hydrogen-bond acceptors (Lipinski definition) is 5. The first-order chi connectivity index (χ1) is 17.9.